The van der Waals surface area contributed by atoms with Crippen LogP contribution in [0.15, 0.2) is 53.5 Å². The highest BCUT2D eigenvalue weighted by atomic mass is 16.6. The van der Waals surface area contributed by atoms with Crippen molar-refractivity contribution in [1.29, 1.82) is 0 Å². The maximum absolute atomic E-state index is 11.9. The molecule has 1 aliphatic rings. The van der Waals surface area contributed by atoms with Gasteiger partial charge in [0.1, 0.15) is 0 Å². The first kappa shape index (κ1) is 20.0. The number of aliphatic carboxylic acids is 1. The number of amides is 1. The van der Waals surface area contributed by atoms with E-state index in [4.69, 9.17) is 9.84 Å². The van der Waals surface area contributed by atoms with Gasteiger partial charge in [-0.15, -0.1) is 0 Å². The summed E-state index contributed by atoms with van der Waals surface area (Å²) in [4.78, 5) is 48.5. The average Bonchev–Trinajstić information content (AvgIpc) is 2.63. The van der Waals surface area contributed by atoms with Crippen LogP contribution < -0.4 is 5.32 Å². The van der Waals surface area contributed by atoms with Crippen molar-refractivity contribution in [3.63, 3.8) is 0 Å². The van der Waals surface area contributed by atoms with Crippen LogP contribution in [0.4, 0.5) is 16.2 Å². The fourth-order valence-corrected chi connectivity index (χ4v) is 3.07. The van der Waals surface area contributed by atoms with Gasteiger partial charge in [-0.3, -0.25) is 14.9 Å². The van der Waals surface area contributed by atoms with E-state index in [1.807, 2.05) is 24.3 Å². The molecule has 3 rings (SSSR count). The number of esters is 1. The smallest absolute Gasteiger partial charge is 0.419 e. The molecule has 29 heavy (non-hydrogen) atoms. The third kappa shape index (κ3) is 5.15. The Hall–Kier alpha value is -3.77. The van der Waals surface area contributed by atoms with Gasteiger partial charge >= 0.3 is 18.0 Å². The lowest BCUT2D eigenvalue weighted by molar-refractivity contribution is -0.159. The van der Waals surface area contributed by atoms with E-state index in [1.165, 1.54) is 6.08 Å². The number of benzene rings is 2. The molecule has 0 aromatic heterocycles. The molecule has 2 N–H and O–H groups in total. The van der Waals surface area contributed by atoms with Gasteiger partial charge < -0.3 is 9.84 Å². The summed E-state index contributed by atoms with van der Waals surface area (Å²) in [5.74, 6) is -3.43. The lowest BCUT2D eigenvalue weighted by atomic mass is 9.74. The van der Waals surface area contributed by atoms with E-state index in [9.17, 15) is 19.2 Å². The molecular weight excluding hydrogens is 376 g/mol. The van der Waals surface area contributed by atoms with Crippen LogP contribution in [-0.4, -0.2) is 29.2 Å². The second-order valence-corrected chi connectivity index (χ2v) is 6.71. The van der Waals surface area contributed by atoms with E-state index in [0.717, 1.165) is 11.1 Å². The molecule has 1 saturated carbocycles. The SMILES string of the molecule is O=C=Nc1ccc(Cc2ccc(NC(=O)OC(=O)C3CC[C@@H]3C(=O)O)cc2)cc1. The minimum atomic E-state index is -1.06. The van der Waals surface area contributed by atoms with E-state index >= 15 is 0 Å². The van der Waals surface area contributed by atoms with Crippen LogP contribution in [0.3, 0.4) is 0 Å². The van der Waals surface area contributed by atoms with Gasteiger partial charge in [-0.25, -0.2) is 9.59 Å². The van der Waals surface area contributed by atoms with Crippen LogP contribution in [0.25, 0.3) is 0 Å². The number of hydrogen-bond donors (Lipinski definition) is 2. The van der Waals surface area contributed by atoms with Gasteiger partial charge in [0, 0.05) is 5.69 Å². The Morgan fingerprint density at radius 3 is 2.10 bits per heavy atom. The lowest BCUT2D eigenvalue weighted by Crippen LogP contribution is -2.40. The van der Waals surface area contributed by atoms with Crippen LogP contribution in [0.2, 0.25) is 0 Å². The monoisotopic (exact) mass is 394 g/mol. The molecule has 8 nitrogen and oxygen atoms in total. The highest BCUT2D eigenvalue weighted by Gasteiger charge is 2.43. The van der Waals surface area contributed by atoms with Crippen molar-refractivity contribution >= 4 is 35.5 Å². The molecule has 0 saturated heterocycles. The number of isocyanates is 1. The first-order chi connectivity index (χ1) is 14.0. The molecule has 0 aliphatic heterocycles. The number of aliphatic imine (C=N–C) groups is 1. The number of hydrogen-bond acceptors (Lipinski definition) is 6. The maximum Gasteiger partial charge on any atom is 0.419 e. The Labute approximate surface area is 166 Å². The van der Waals surface area contributed by atoms with Gasteiger partial charge in [-0.2, -0.15) is 4.99 Å². The zero-order chi connectivity index (χ0) is 20.8. The van der Waals surface area contributed by atoms with E-state index < -0.39 is 29.9 Å². The fraction of sp³-hybridized carbons (Fsp3) is 0.238. The van der Waals surface area contributed by atoms with Crippen molar-refractivity contribution in [3.8, 4) is 0 Å². The zero-order valence-corrected chi connectivity index (χ0v) is 15.3. The Bertz CT molecular complexity index is 962. The van der Waals surface area contributed by atoms with Crippen LogP contribution in [0.5, 0.6) is 0 Å². The number of rotatable bonds is 6. The van der Waals surface area contributed by atoms with Gasteiger partial charge in [0.2, 0.25) is 6.08 Å². The Morgan fingerprint density at radius 2 is 1.59 bits per heavy atom. The van der Waals surface area contributed by atoms with Gasteiger partial charge in [-0.1, -0.05) is 24.3 Å². The van der Waals surface area contributed by atoms with Crippen molar-refractivity contribution in [3.05, 3.63) is 59.7 Å². The minimum Gasteiger partial charge on any atom is -0.481 e. The van der Waals surface area contributed by atoms with E-state index in [2.05, 4.69) is 10.3 Å². The Morgan fingerprint density at radius 1 is 1.00 bits per heavy atom. The molecule has 1 fully saturated rings. The summed E-state index contributed by atoms with van der Waals surface area (Å²) in [6.07, 6.45) is 2.01. The van der Waals surface area contributed by atoms with Crippen LogP contribution in [0.1, 0.15) is 24.0 Å². The number of carbonyl (C=O) groups excluding carboxylic acids is 3. The molecule has 8 heteroatoms. The second-order valence-electron chi connectivity index (χ2n) is 6.71. The predicted octanol–water partition coefficient (Wildman–Crippen LogP) is 3.43. The van der Waals surface area contributed by atoms with Crippen molar-refractivity contribution < 1.29 is 29.0 Å². The lowest BCUT2D eigenvalue weighted by Gasteiger charge is -2.30. The van der Waals surface area contributed by atoms with Crippen molar-refractivity contribution in [2.45, 2.75) is 19.3 Å². The normalized spacial score (nSPS) is 17.4. The van der Waals surface area contributed by atoms with Crippen LogP contribution in [0, 0.1) is 11.8 Å². The number of nitrogens with zero attached hydrogens (tertiary/aromatic N) is 1. The van der Waals surface area contributed by atoms with E-state index in [0.29, 0.717) is 30.6 Å². The number of nitrogens with one attached hydrogen (secondary N) is 1. The molecule has 1 amide bonds. The molecule has 1 aliphatic carbocycles. The standard InChI is InChI=1S/C21H18N2O6/c24-12-22-15-5-1-13(2-6-15)11-14-3-7-16(8-4-14)23-21(28)29-20(27)18-10-9-17(18)19(25)26/h1-8,17-18H,9-11H2,(H,23,28)(H,25,26)/t17-,18?/m0/s1. The van der Waals surface area contributed by atoms with Crippen molar-refractivity contribution in [2.24, 2.45) is 16.8 Å². The zero-order valence-electron chi connectivity index (χ0n) is 15.3. The average molecular weight is 394 g/mol. The molecule has 148 valence electrons. The van der Waals surface area contributed by atoms with E-state index in [1.54, 1.807) is 24.3 Å². The maximum atomic E-state index is 11.9. The minimum absolute atomic E-state index is 0.403. The summed E-state index contributed by atoms with van der Waals surface area (Å²) in [7, 11) is 0. The number of anilines is 1. The summed E-state index contributed by atoms with van der Waals surface area (Å²) in [5.41, 5.74) is 3.00. The number of ether oxygens (including phenoxy) is 1. The van der Waals surface area contributed by atoms with Gasteiger partial charge in [0.25, 0.3) is 0 Å². The number of carbonyl (C=O) groups is 3. The van der Waals surface area contributed by atoms with Gasteiger partial charge in [-0.05, 0) is 54.7 Å². The molecule has 1 unspecified atom stereocenters. The molecule has 0 spiro atoms. The van der Waals surface area contributed by atoms with Crippen LogP contribution in [-0.2, 0) is 25.5 Å². The summed E-state index contributed by atoms with van der Waals surface area (Å²) in [6.45, 7) is 0. The molecule has 0 bridgehead atoms. The summed E-state index contributed by atoms with van der Waals surface area (Å²) >= 11 is 0. The highest BCUT2D eigenvalue weighted by Crippen LogP contribution is 2.35. The topological polar surface area (TPSA) is 122 Å². The van der Waals surface area contributed by atoms with Gasteiger partial charge in [0.15, 0.2) is 0 Å². The molecule has 0 heterocycles. The summed E-state index contributed by atoms with van der Waals surface area (Å²) in [6, 6.07) is 14.2. The quantitative estimate of drug-likeness (QED) is 0.335. The van der Waals surface area contributed by atoms with Gasteiger partial charge in [0.05, 0.1) is 17.5 Å². The van der Waals surface area contributed by atoms with Crippen molar-refractivity contribution in [1.82, 2.24) is 0 Å². The highest BCUT2D eigenvalue weighted by molar-refractivity contribution is 5.95. The Kier molecular flexibility index (Phi) is 6.16. The summed E-state index contributed by atoms with van der Waals surface area (Å²) < 4.78 is 4.71. The summed E-state index contributed by atoms with van der Waals surface area (Å²) in [5, 5.41) is 11.4. The second kappa shape index (κ2) is 8.95. The van der Waals surface area contributed by atoms with Crippen molar-refractivity contribution in [2.75, 3.05) is 5.32 Å². The molecule has 2 aromatic rings. The molecule has 2 aromatic carbocycles. The number of carboxylic acid groups (broad SMARTS) is 1. The third-order valence-electron chi connectivity index (χ3n) is 4.81. The molecule has 0 radical (unpaired) electrons. The predicted molar refractivity (Wildman–Crippen MR) is 102 cm³/mol. The van der Waals surface area contributed by atoms with E-state index in [-0.39, 0.29) is 0 Å². The molecular formula is C21H18N2O6. The first-order valence-corrected chi connectivity index (χ1v) is 8.97. The third-order valence-corrected chi connectivity index (χ3v) is 4.81. The fourth-order valence-electron chi connectivity index (χ4n) is 3.07. The number of carboxylic acids is 1. The first-order valence-electron chi connectivity index (χ1n) is 8.97. The largest absolute Gasteiger partial charge is 0.481 e. The van der Waals surface area contributed by atoms with Crippen LogP contribution >= 0.6 is 0 Å². The Balaban J connectivity index is 1.52. The molecule has 2 atom stereocenters.